The summed E-state index contributed by atoms with van der Waals surface area (Å²) in [6.45, 7) is 0.449. The van der Waals surface area contributed by atoms with Gasteiger partial charge < -0.3 is 14.6 Å². The smallest absolute Gasteiger partial charge is 0.227 e. The van der Waals surface area contributed by atoms with Crippen molar-refractivity contribution in [2.75, 3.05) is 14.2 Å². The molecular weight excluding hydrogens is 324 g/mol. The third kappa shape index (κ3) is 3.39. The van der Waals surface area contributed by atoms with Gasteiger partial charge in [0.1, 0.15) is 5.75 Å². The highest BCUT2D eigenvalue weighted by Crippen LogP contribution is 2.24. The summed E-state index contributed by atoms with van der Waals surface area (Å²) in [5.74, 6) is 0.771. The number of H-pyrrole nitrogens is 1. The van der Waals surface area contributed by atoms with Gasteiger partial charge >= 0.3 is 0 Å². The average Bonchev–Trinajstić information content (AvgIpc) is 2.98. The summed E-state index contributed by atoms with van der Waals surface area (Å²) in [5, 5.41) is 1.71. The monoisotopic (exact) mass is 342 g/mol. The molecule has 0 spiro atoms. The fourth-order valence-electron chi connectivity index (χ4n) is 2.79. The van der Waals surface area contributed by atoms with E-state index in [9.17, 15) is 4.79 Å². The van der Waals surface area contributed by atoms with Crippen LogP contribution in [0.3, 0.4) is 0 Å². The van der Waals surface area contributed by atoms with Crippen molar-refractivity contribution < 1.29 is 9.53 Å². The van der Waals surface area contributed by atoms with Gasteiger partial charge in [-0.05, 0) is 29.8 Å². The fourth-order valence-corrected chi connectivity index (χ4v) is 2.98. The van der Waals surface area contributed by atoms with Crippen molar-refractivity contribution in [3.63, 3.8) is 0 Å². The maximum absolute atomic E-state index is 12.6. The third-order valence-electron chi connectivity index (χ3n) is 4.09. The van der Waals surface area contributed by atoms with E-state index in [1.54, 1.807) is 25.1 Å². The Bertz CT molecular complexity index is 873. The van der Waals surface area contributed by atoms with Gasteiger partial charge in [-0.2, -0.15) is 0 Å². The van der Waals surface area contributed by atoms with Gasteiger partial charge in [0.05, 0.1) is 13.5 Å². The molecule has 0 saturated carbocycles. The number of halogens is 1. The number of amides is 1. The van der Waals surface area contributed by atoms with Gasteiger partial charge in [0.2, 0.25) is 5.91 Å². The van der Waals surface area contributed by atoms with E-state index in [2.05, 4.69) is 4.98 Å². The first-order valence-electron chi connectivity index (χ1n) is 7.70. The Hall–Kier alpha value is -2.46. The lowest BCUT2D eigenvalue weighted by atomic mass is 10.1. The molecule has 24 heavy (non-hydrogen) atoms. The van der Waals surface area contributed by atoms with Crippen LogP contribution in [0, 0.1) is 0 Å². The van der Waals surface area contributed by atoms with Gasteiger partial charge in [0, 0.05) is 41.3 Å². The molecule has 0 fully saturated rings. The number of carbonyl (C=O) groups is 1. The topological polar surface area (TPSA) is 45.3 Å². The number of nitrogens with zero attached hydrogens (tertiary/aromatic N) is 1. The number of nitrogens with one attached hydrogen (secondary N) is 1. The molecule has 3 rings (SSSR count). The number of aromatic amines is 1. The highest BCUT2D eigenvalue weighted by Gasteiger charge is 2.15. The van der Waals surface area contributed by atoms with Crippen LogP contribution in [0.2, 0.25) is 5.02 Å². The summed E-state index contributed by atoms with van der Waals surface area (Å²) < 4.78 is 5.34. The largest absolute Gasteiger partial charge is 0.496 e. The van der Waals surface area contributed by atoms with E-state index in [1.807, 2.05) is 42.6 Å². The van der Waals surface area contributed by atoms with Crippen molar-refractivity contribution in [3.05, 3.63) is 64.8 Å². The van der Waals surface area contributed by atoms with Crippen LogP contribution in [0.4, 0.5) is 0 Å². The van der Waals surface area contributed by atoms with E-state index >= 15 is 0 Å². The second kappa shape index (κ2) is 6.97. The summed E-state index contributed by atoms with van der Waals surface area (Å²) >= 11 is 6.05. The molecule has 5 heteroatoms. The highest BCUT2D eigenvalue weighted by molar-refractivity contribution is 6.30. The maximum Gasteiger partial charge on any atom is 0.227 e. The number of likely N-dealkylation sites (N-methyl/N-ethyl adjacent to an activating group) is 1. The zero-order valence-electron chi connectivity index (χ0n) is 13.7. The van der Waals surface area contributed by atoms with Gasteiger partial charge in [-0.25, -0.2) is 0 Å². The molecule has 1 N–H and O–H groups in total. The summed E-state index contributed by atoms with van der Waals surface area (Å²) in [4.78, 5) is 17.5. The molecule has 1 amide bonds. The Balaban J connectivity index is 1.74. The van der Waals surface area contributed by atoms with Gasteiger partial charge in [0.25, 0.3) is 0 Å². The number of hydrogen-bond acceptors (Lipinski definition) is 2. The van der Waals surface area contributed by atoms with Gasteiger partial charge in [-0.15, -0.1) is 0 Å². The minimum atomic E-state index is 0.0433. The number of carbonyl (C=O) groups excluding carboxylic acids is 1. The van der Waals surface area contributed by atoms with Crippen LogP contribution in [0.25, 0.3) is 10.9 Å². The molecule has 0 radical (unpaired) electrons. The molecule has 124 valence electrons. The second-order valence-electron chi connectivity index (χ2n) is 5.74. The molecule has 0 saturated heterocycles. The van der Waals surface area contributed by atoms with Crippen molar-refractivity contribution in [2.45, 2.75) is 13.0 Å². The van der Waals surface area contributed by atoms with E-state index < -0.39 is 0 Å². The first kappa shape index (κ1) is 16.4. The molecule has 0 aliphatic heterocycles. The number of hydrogen-bond donors (Lipinski definition) is 1. The molecule has 2 aromatic carbocycles. The van der Waals surface area contributed by atoms with Crippen molar-refractivity contribution in [3.8, 4) is 5.75 Å². The normalized spacial score (nSPS) is 10.8. The molecular formula is C19H19ClN2O2. The Labute approximate surface area is 146 Å². The quantitative estimate of drug-likeness (QED) is 0.760. The first-order valence-corrected chi connectivity index (χ1v) is 8.07. The van der Waals surface area contributed by atoms with E-state index in [0.29, 0.717) is 18.0 Å². The van der Waals surface area contributed by atoms with Gasteiger partial charge in [0.15, 0.2) is 0 Å². The van der Waals surface area contributed by atoms with Gasteiger partial charge in [-0.1, -0.05) is 29.8 Å². The predicted octanol–water partition coefficient (Wildman–Crippen LogP) is 4.03. The summed E-state index contributed by atoms with van der Waals surface area (Å²) in [5.41, 5.74) is 2.93. The summed E-state index contributed by atoms with van der Waals surface area (Å²) in [7, 11) is 3.40. The molecule has 1 heterocycles. The lowest BCUT2D eigenvalue weighted by Crippen LogP contribution is -2.27. The molecule has 4 nitrogen and oxygen atoms in total. The maximum atomic E-state index is 12.6. The zero-order valence-corrected chi connectivity index (χ0v) is 14.4. The number of methoxy groups -OCH3 is 1. The summed E-state index contributed by atoms with van der Waals surface area (Å²) in [6.07, 6.45) is 2.25. The van der Waals surface area contributed by atoms with Crippen molar-refractivity contribution in [2.24, 2.45) is 0 Å². The number of rotatable bonds is 5. The average molecular weight is 343 g/mol. The van der Waals surface area contributed by atoms with E-state index in [4.69, 9.17) is 16.3 Å². The lowest BCUT2D eigenvalue weighted by Gasteiger charge is -2.19. The van der Waals surface area contributed by atoms with Crippen LogP contribution in [0.5, 0.6) is 5.75 Å². The third-order valence-corrected chi connectivity index (χ3v) is 4.33. The van der Waals surface area contributed by atoms with Crippen molar-refractivity contribution >= 4 is 28.4 Å². The first-order chi connectivity index (χ1) is 11.6. The lowest BCUT2D eigenvalue weighted by molar-refractivity contribution is -0.129. The number of para-hydroxylation sites is 1. The molecule has 0 atom stereocenters. The number of ether oxygens (including phenoxy) is 1. The van der Waals surface area contributed by atoms with Crippen LogP contribution in [0.15, 0.2) is 48.7 Å². The fraction of sp³-hybridized carbons (Fsp3) is 0.211. The zero-order chi connectivity index (χ0) is 17.1. The van der Waals surface area contributed by atoms with E-state index in [0.717, 1.165) is 27.8 Å². The van der Waals surface area contributed by atoms with Crippen molar-refractivity contribution in [1.82, 2.24) is 9.88 Å². The molecule has 3 aromatic rings. The number of fused-ring (bicyclic) bond motifs is 1. The number of benzene rings is 2. The van der Waals surface area contributed by atoms with Crippen LogP contribution in [0.1, 0.15) is 11.1 Å². The van der Waals surface area contributed by atoms with E-state index in [-0.39, 0.29) is 5.91 Å². The second-order valence-corrected chi connectivity index (χ2v) is 6.18. The minimum absolute atomic E-state index is 0.0433. The predicted molar refractivity (Wildman–Crippen MR) is 96.5 cm³/mol. The Morgan fingerprint density at radius 3 is 2.79 bits per heavy atom. The Morgan fingerprint density at radius 2 is 2.00 bits per heavy atom. The summed E-state index contributed by atoms with van der Waals surface area (Å²) in [6, 6.07) is 13.4. The molecule has 0 unspecified atom stereocenters. The van der Waals surface area contributed by atoms with Crippen LogP contribution in [-0.2, 0) is 17.8 Å². The van der Waals surface area contributed by atoms with Crippen LogP contribution >= 0.6 is 11.6 Å². The van der Waals surface area contributed by atoms with Gasteiger partial charge in [-0.3, -0.25) is 4.79 Å². The van der Waals surface area contributed by atoms with E-state index in [1.165, 1.54) is 0 Å². The highest BCUT2D eigenvalue weighted by atomic mass is 35.5. The van der Waals surface area contributed by atoms with Crippen LogP contribution < -0.4 is 4.74 Å². The van der Waals surface area contributed by atoms with Crippen LogP contribution in [-0.4, -0.2) is 29.9 Å². The SMILES string of the molecule is COc1ccc(Cl)cc1CN(C)C(=O)Cc1c[nH]c2ccccc12. The minimum Gasteiger partial charge on any atom is -0.496 e. The standard InChI is InChI=1S/C19H19ClN2O2/c1-22(12-14-9-15(20)7-8-18(14)24-2)19(23)10-13-11-21-17-6-4-3-5-16(13)17/h3-9,11,21H,10,12H2,1-2H3. The van der Waals surface area contributed by atoms with Crippen molar-refractivity contribution in [1.29, 1.82) is 0 Å². The molecule has 1 aromatic heterocycles. The number of aromatic nitrogens is 1. The molecule has 0 bridgehead atoms. The molecule has 0 aliphatic rings. The molecule has 0 aliphatic carbocycles. The Kier molecular flexibility index (Phi) is 4.76. The Morgan fingerprint density at radius 1 is 1.21 bits per heavy atom.